The van der Waals surface area contributed by atoms with Crippen LogP contribution in [0.2, 0.25) is 10.0 Å². The first-order valence-corrected chi connectivity index (χ1v) is 5.73. The fraction of sp³-hybridized carbons (Fsp3) is 0.455. The van der Waals surface area contributed by atoms with Crippen molar-refractivity contribution in [2.45, 2.75) is 13.5 Å². The number of nitrogens with one attached hydrogen (secondary N) is 1. The van der Waals surface area contributed by atoms with Crippen molar-refractivity contribution in [2.75, 3.05) is 13.1 Å². The number of hydrogen-bond acceptors (Lipinski definition) is 2. The molecule has 4 heteroatoms. The Morgan fingerprint density at radius 2 is 2.07 bits per heavy atom. The molecule has 0 bridgehead atoms. The van der Waals surface area contributed by atoms with Crippen LogP contribution in [0, 0.1) is 5.92 Å². The van der Waals surface area contributed by atoms with Crippen LogP contribution in [0.1, 0.15) is 12.5 Å². The Balaban J connectivity index is 2.41. The van der Waals surface area contributed by atoms with Crippen LogP contribution in [-0.4, -0.2) is 13.1 Å². The van der Waals surface area contributed by atoms with Crippen molar-refractivity contribution < 1.29 is 0 Å². The fourth-order valence-corrected chi connectivity index (χ4v) is 1.52. The van der Waals surface area contributed by atoms with Gasteiger partial charge in [-0.15, -0.1) is 0 Å². The van der Waals surface area contributed by atoms with Gasteiger partial charge in [-0.2, -0.15) is 0 Å². The first-order valence-electron chi connectivity index (χ1n) is 4.98. The van der Waals surface area contributed by atoms with E-state index in [2.05, 4.69) is 12.2 Å². The Morgan fingerprint density at radius 1 is 1.33 bits per heavy atom. The highest BCUT2D eigenvalue weighted by molar-refractivity contribution is 6.42. The fourth-order valence-electron chi connectivity index (χ4n) is 1.20. The second-order valence-electron chi connectivity index (χ2n) is 3.72. The zero-order valence-electron chi connectivity index (χ0n) is 8.76. The third kappa shape index (κ3) is 4.39. The van der Waals surface area contributed by atoms with E-state index in [1.54, 1.807) is 0 Å². The van der Waals surface area contributed by atoms with E-state index in [-0.39, 0.29) is 0 Å². The van der Waals surface area contributed by atoms with Gasteiger partial charge in [-0.25, -0.2) is 0 Å². The Bertz CT molecular complexity index is 315. The summed E-state index contributed by atoms with van der Waals surface area (Å²) in [5, 5.41) is 4.51. The zero-order valence-corrected chi connectivity index (χ0v) is 10.3. The quantitative estimate of drug-likeness (QED) is 0.839. The van der Waals surface area contributed by atoms with E-state index in [0.29, 0.717) is 22.5 Å². The summed E-state index contributed by atoms with van der Waals surface area (Å²) in [6.45, 7) is 4.52. The van der Waals surface area contributed by atoms with Crippen LogP contribution in [0.4, 0.5) is 0 Å². The van der Waals surface area contributed by atoms with Crippen molar-refractivity contribution in [3.63, 3.8) is 0 Å². The molecule has 1 unspecified atom stereocenters. The molecular formula is C11H16Cl2N2. The second kappa shape index (κ2) is 6.33. The van der Waals surface area contributed by atoms with Crippen molar-refractivity contribution in [3.05, 3.63) is 33.8 Å². The van der Waals surface area contributed by atoms with Gasteiger partial charge in [0.05, 0.1) is 10.0 Å². The summed E-state index contributed by atoms with van der Waals surface area (Å²) >= 11 is 11.7. The third-order valence-corrected chi connectivity index (χ3v) is 2.95. The van der Waals surface area contributed by atoms with E-state index in [4.69, 9.17) is 28.9 Å². The maximum absolute atomic E-state index is 5.90. The maximum atomic E-state index is 5.90. The topological polar surface area (TPSA) is 38.0 Å². The Labute approximate surface area is 101 Å². The van der Waals surface area contributed by atoms with Crippen molar-refractivity contribution in [1.29, 1.82) is 0 Å². The minimum absolute atomic E-state index is 0.493. The highest BCUT2D eigenvalue weighted by Crippen LogP contribution is 2.22. The smallest absolute Gasteiger partial charge is 0.0595 e. The average molecular weight is 247 g/mol. The Hall–Kier alpha value is -0.280. The molecule has 1 atom stereocenters. The second-order valence-corrected chi connectivity index (χ2v) is 4.53. The molecule has 0 spiro atoms. The number of rotatable bonds is 5. The lowest BCUT2D eigenvalue weighted by Gasteiger charge is -2.10. The van der Waals surface area contributed by atoms with Gasteiger partial charge in [0.25, 0.3) is 0 Å². The molecule has 0 amide bonds. The zero-order chi connectivity index (χ0) is 11.3. The minimum Gasteiger partial charge on any atom is -0.330 e. The normalized spacial score (nSPS) is 12.8. The Morgan fingerprint density at radius 3 is 2.67 bits per heavy atom. The van der Waals surface area contributed by atoms with E-state index in [9.17, 15) is 0 Å². The van der Waals surface area contributed by atoms with Gasteiger partial charge in [0.2, 0.25) is 0 Å². The molecule has 2 nitrogen and oxygen atoms in total. The molecule has 0 aromatic heterocycles. The molecule has 0 radical (unpaired) electrons. The number of nitrogens with two attached hydrogens (primary N) is 1. The van der Waals surface area contributed by atoms with Gasteiger partial charge in [0.1, 0.15) is 0 Å². The molecule has 0 aliphatic rings. The van der Waals surface area contributed by atoms with Crippen LogP contribution in [0.5, 0.6) is 0 Å². The van der Waals surface area contributed by atoms with E-state index in [1.807, 2.05) is 18.2 Å². The van der Waals surface area contributed by atoms with Crippen molar-refractivity contribution >= 4 is 23.2 Å². The van der Waals surface area contributed by atoms with E-state index in [0.717, 1.165) is 18.7 Å². The molecule has 0 fully saturated rings. The summed E-state index contributed by atoms with van der Waals surface area (Å²) in [7, 11) is 0. The molecule has 15 heavy (non-hydrogen) atoms. The lowest BCUT2D eigenvalue weighted by Crippen LogP contribution is -2.25. The van der Waals surface area contributed by atoms with Crippen LogP contribution in [0.3, 0.4) is 0 Å². The average Bonchev–Trinajstić information content (AvgIpc) is 2.23. The maximum Gasteiger partial charge on any atom is 0.0595 e. The van der Waals surface area contributed by atoms with Crippen molar-refractivity contribution in [3.8, 4) is 0 Å². The number of benzene rings is 1. The van der Waals surface area contributed by atoms with Gasteiger partial charge >= 0.3 is 0 Å². The molecule has 1 rings (SSSR count). The van der Waals surface area contributed by atoms with Gasteiger partial charge in [0, 0.05) is 6.54 Å². The molecule has 1 aromatic carbocycles. The number of halogens is 2. The first kappa shape index (κ1) is 12.8. The van der Waals surface area contributed by atoms with Crippen LogP contribution in [0.25, 0.3) is 0 Å². The first-order chi connectivity index (χ1) is 7.13. The lowest BCUT2D eigenvalue weighted by atomic mass is 10.1. The van der Waals surface area contributed by atoms with Gasteiger partial charge in [-0.3, -0.25) is 0 Å². The predicted molar refractivity (Wildman–Crippen MR) is 66.4 cm³/mol. The van der Waals surface area contributed by atoms with Crippen LogP contribution in [0.15, 0.2) is 18.2 Å². The summed E-state index contributed by atoms with van der Waals surface area (Å²) in [4.78, 5) is 0. The molecule has 0 aliphatic heterocycles. The summed E-state index contributed by atoms with van der Waals surface area (Å²) < 4.78 is 0. The molecule has 0 aliphatic carbocycles. The molecule has 0 saturated heterocycles. The van der Waals surface area contributed by atoms with Crippen molar-refractivity contribution in [2.24, 2.45) is 11.7 Å². The predicted octanol–water partition coefficient (Wildman–Crippen LogP) is 2.68. The molecule has 0 heterocycles. The largest absolute Gasteiger partial charge is 0.330 e. The van der Waals surface area contributed by atoms with Gasteiger partial charge < -0.3 is 11.1 Å². The highest BCUT2D eigenvalue weighted by atomic mass is 35.5. The molecule has 3 N–H and O–H groups in total. The Kier molecular flexibility index (Phi) is 5.40. The third-order valence-electron chi connectivity index (χ3n) is 2.21. The van der Waals surface area contributed by atoms with E-state index in [1.165, 1.54) is 0 Å². The molecule has 0 saturated carbocycles. The van der Waals surface area contributed by atoms with Crippen LogP contribution >= 0.6 is 23.2 Å². The van der Waals surface area contributed by atoms with Crippen LogP contribution in [-0.2, 0) is 6.54 Å². The van der Waals surface area contributed by atoms with Crippen LogP contribution < -0.4 is 11.1 Å². The summed E-state index contributed by atoms with van der Waals surface area (Å²) in [6.07, 6.45) is 0. The molecule has 1 aromatic rings. The van der Waals surface area contributed by atoms with E-state index >= 15 is 0 Å². The molecular weight excluding hydrogens is 231 g/mol. The monoisotopic (exact) mass is 246 g/mol. The summed E-state index contributed by atoms with van der Waals surface area (Å²) in [5.41, 5.74) is 6.65. The molecule has 84 valence electrons. The van der Waals surface area contributed by atoms with E-state index < -0.39 is 0 Å². The SMILES string of the molecule is CC(CN)CNCc1ccc(Cl)c(Cl)c1. The summed E-state index contributed by atoms with van der Waals surface area (Å²) in [5.74, 6) is 0.493. The van der Waals surface area contributed by atoms with Gasteiger partial charge in [-0.05, 0) is 36.7 Å². The lowest BCUT2D eigenvalue weighted by molar-refractivity contribution is 0.522. The highest BCUT2D eigenvalue weighted by Gasteiger charge is 2.01. The van der Waals surface area contributed by atoms with Crippen molar-refractivity contribution in [1.82, 2.24) is 5.32 Å². The number of hydrogen-bond donors (Lipinski definition) is 2. The summed E-state index contributed by atoms with van der Waals surface area (Å²) in [6, 6.07) is 5.66. The standard InChI is InChI=1S/C11H16Cl2N2/c1-8(5-14)6-15-7-9-2-3-10(12)11(13)4-9/h2-4,8,15H,5-7,14H2,1H3. The minimum atomic E-state index is 0.493. The van der Waals surface area contributed by atoms with Gasteiger partial charge in [-0.1, -0.05) is 36.2 Å². The van der Waals surface area contributed by atoms with Gasteiger partial charge in [0.15, 0.2) is 0 Å².